The van der Waals surface area contributed by atoms with Gasteiger partial charge >= 0.3 is 5.97 Å². The van der Waals surface area contributed by atoms with Crippen LogP contribution in [0, 0.1) is 0 Å². The minimum Gasteiger partial charge on any atom is -0.478 e. The molecular formula is C19H13Cl2NO3S2. The van der Waals surface area contributed by atoms with E-state index in [1.54, 1.807) is 23.6 Å². The number of amides is 1. The molecule has 2 N–H and O–H groups in total. The van der Waals surface area contributed by atoms with Gasteiger partial charge in [0.2, 0.25) is 5.91 Å². The number of carboxylic acid groups (broad SMARTS) is 1. The Labute approximate surface area is 174 Å². The molecule has 1 heterocycles. The second kappa shape index (κ2) is 8.80. The van der Waals surface area contributed by atoms with Gasteiger partial charge in [0.1, 0.15) is 10.6 Å². The number of benzene rings is 2. The molecule has 0 saturated heterocycles. The number of rotatable bonds is 6. The summed E-state index contributed by atoms with van der Waals surface area (Å²) in [6.45, 7) is 0. The number of thiophene rings is 1. The number of carboxylic acids is 1. The molecule has 1 amide bonds. The molecular weight excluding hydrogens is 425 g/mol. The molecule has 0 aliphatic carbocycles. The Morgan fingerprint density at radius 1 is 1.07 bits per heavy atom. The normalized spacial score (nSPS) is 10.6. The summed E-state index contributed by atoms with van der Waals surface area (Å²) in [4.78, 5) is 25.0. The van der Waals surface area contributed by atoms with Gasteiger partial charge in [-0.05, 0) is 24.3 Å². The Balaban J connectivity index is 1.81. The molecule has 0 bridgehead atoms. The van der Waals surface area contributed by atoms with E-state index in [0.717, 1.165) is 16.2 Å². The van der Waals surface area contributed by atoms with Crippen molar-refractivity contribution in [3.63, 3.8) is 0 Å². The summed E-state index contributed by atoms with van der Waals surface area (Å²) < 4.78 is 0. The Bertz CT molecular complexity index is 990. The van der Waals surface area contributed by atoms with Crippen molar-refractivity contribution in [2.45, 2.75) is 4.90 Å². The van der Waals surface area contributed by atoms with Crippen LogP contribution in [0.25, 0.3) is 11.1 Å². The zero-order valence-electron chi connectivity index (χ0n) is 13.7. The van der Waals surface area contributed by atoms with Crippen LogP contribution in [-0.4, -0.2) is 22.7 Å². The molecule has 0 fully saturated rings. The fraction of sp³-hybridized carbons (Fsp3) is 0.0526. The Morgan fingerprint density at radius 3 is 2.48 bits per heavy atom. The molecule has 3 rings (SSSR count). The first-order valence-corrected chi connectivity index (χ1v) is 10.4. The zero-order valence-corrected chi connectivity index (χ0v) is 16.9. The van der Waals surface area contributed by atoms with E-state index in [1.165, 1.54) is 11.8 Å². The van der Waals surface area contributed by atoms with Crippen LogP contribution in [0.4, 0.5) is 5.00 Å². The number of hydrogen-bond donors (Lipinski definition) is 2. The molecule has 0 unspecified atom stereocenters. The van der Waals surface area contributed by atoms with Crippen molar-refractivity contribution in [3.05, 3.63) is 69.5 Å². The maximum absolute atomic E-state index is 12.3. The molecule has 2 aromatic carbocycles. The summed E-state index contributed by atoms with van der Waals surface area (Å²) >= 11 is 14.6. The third-order valence-electron chi connectivity index (χ3n) is 3.59. The van der Waals surface area contributed by atoms with Gasteiger partial charge in [-0.1, -0.05) is 47.5 Å². The first-order valence-electron chi connectivity index (χ1n) is 7.73. The van der Waals surface area contributed by atoms with E-state index < -0.39 is 5.97 Å². The molecule has 0 aliphatic rings. The molecule has 138 valence electrons. The van der Waals surface area contributed by atoms with Gasteiger partial charge in [-0.15, -0.1) is 23.1 Å². The van der Waals surface area contributed by atoms with Crippen LogP contribution in [0.2, 0.25) is 10.0 Å². The molecule has 0 spiro atoms. The number of aromatic carboxylic acids is 1. The van der Waals surface area contributed by atoms with Crippen molar-refractivity contribution in [2.24, 2.45) is 0 Å². The van der Waals surface area contributed by atoms with E-state index >= 15 is 0 Å². The summed E-state index contributed by atoms with van der Waals surface area (Å²) in [6.07, 6.45) is 0. The topological polar surface area (TPSA) is 66.4 Å². The predicted molar refractivity (Wildman–Crippen MR) is 113 cm³/mol. The maximum atomic E-state index is 12.3. The van der Waals surface area contributed by atoms with Crippen LogP contribution >= 0.6 is 46.3 Å². The fourth-order valence-corrected chi connectivity index (χ4v) is 4.59. The predicted octanol–water partition coefficient (Wildman–Crippen LogP) is 6.15. The number of thioether (sulfide) groups is 1. The number of carbonyl (C=O) groups is 2. The molecule has 0 saturated carbocycles. The molecule has 0 aliphatic heterocycles. The van der Waals surface area contributed by atoms with Crippen molar-refractivity contribution < 1.29 is 14.7 Å². The average molecular weight is 438 g/mol. The lowest BCUT2D eigenvalue weighted by atomic mass is 10.0. The van der Waals surface area contributed by atoms with Gasteiger partial charge in [-0.2, -0.15) is 0 Å². The number of hydrogen-bond acceptors (Lipinski definition) is 4. The van der Waals surface area contributed by atoms with Crippen LogP contribution in [0.5, 0.6) is 0 Å². The highest BCUT2D eigenvalue weighted by molar-refractivity contribution is 8.00. The van der Waals surface area contributed by atoms with Gasteiger partial charge in [0.15, 0.2) is 0 Å². The lowest BCUT2D eigenvalue weighted by Gasteiger charge is -2.07. The minimum absolute atomic E-state index is 0.0160. The van der Waals surface area contributed by atoms with Crippen LogP contribution in [0.3, 0.4) is 0 Å². The third kappa shape index (κ3) is 4.84. The molecule has 3 aromatic rings. The summed E-state index contributed by atoms with van der Waals surface area (Å²) in [5.74, 6) is -1.23. The first-order chi connectivity index (χ1) is 13.0. The number of nitrogens with one attached hydrogen (secondary N) is 1. The van der Waals surface area contributed by atoms with E-state index in [0.29, 0.717) is 21.2 Å². The lowest BCUT2D eigenvalue weighted by molar-refractivity contribution is -0.113. The SMILES string of the molecule is O=C(CSc1ccccc1)Nc1scc(-c2ccc(Cl)cc2Cl)c1C(=O)O. The Hall–Kier alpha value is -1.99. The molecule has 4 nitrogen and oxygen atoms in total. The largest absolute Gasteiger partial charge is 0.478 e. The Morgan fingerprint density at radius 2 is 1.81 bits per heavy atom. The van der Waals surface area contributed by atoms with Gasteiger partial charge in [0, 0.05) is 31.4 Å². The second-order valence-corrected chi connectivity index (χ2v) is 8.20. The number of carbonyl (C=O) groups excluding carboxylic acids is 1. The summed E-state index contributed by atoms with van der Waals surface area (Å²) in [6, 6.07) is 14.4. The van der Waals surface area contributed by atoms with Crippen molar-refractivity contribution in [1.29, 1.82) is 0 Å². The van der Waals surface area contributed by atoms with E-state index in [-0.39, 0.29) is 22.2 Å². The van der Waals surface area contributed by atoms with Gasteiger partial charge in [0.05, 0.1) is 5.75 Å². The molecule has 0 atom stereocenters. The second-order valence-electron chi connectivity index (χ2n) is 5.43. The fourth-order valence-electron chi connectivity index (χ4n) is 2.40. The van der Waals surface area contributed by atoms with Gasteiger partial charge < -0.3 is 10.4 Å². The maximum Gasteiger partial charge on any atom is 0.339 e. The smallest absolute Gasteiger partial charge is 0.339 e. The zero-order chi connectivity index (χ0) is 19.4. The summed E-state index contributed by atoms with van der Waals surface area (Å²) in [7, 11) is 0. The van der Waals surface area contributed by atoms with Crippen LogP contribution in [0.1, 0.15) is 10.4 Å². The first kappa shape index (κ1) is 19.8. The molecule has 0 radical (unpaired) electrons. The standard InChI is InChI=1S/C19H13Cl2NO3S2/c20-11-6-7-13(15(21)8-11)14-9-27-18(17(14)19(24)25)22-16(23)10-26-12-4-2-1-3-5-12/h1-9H,10H2,(H,22,23)(H,24,25). The molecule has 8 heteroatoms. The summed E-state index contributed by atoms with van der Waals surface area (Å²) in [5, 5.41) is 15.1. The minimum atomic E-state index is -1.14. The van der Waals surface area contributed by atoms with E-state index in [4.69, 9.17) is 23.2 Å². The number of anilines is 1. The van der Waals surface area contributed by atoms with Gasteiger partial charge in [-0.25, -0.2) is 4.79 Å². The highest BCUT2D eigenvalue weighted by Crippen LogP contribution is 2.39. The van der Waals surface area contributed by atoms with Crippen molar-refractivity contribution in [3.8, 4) is 11.1 Å². The summed E-state index contributed by atoms with van der Waals surface area (Å²) in [5.41, 5.74) is 1.01. The average Bonchev–Trinajstić information content (AvgIpc) is 3.04. The molecule has 27 heavy (non-hydrogen) atoms. The van der Waals surface area contributed by atoms with Crippen molar-refractivity contribution >= 4 is 63.2 Å². The van der Waals surface area contributed by atoms with E-state index in [2.05, 4.69) is 5.32 Å². The third-order valence-corrected chi connectivity index (χ3v) is 6.05. The van der Waals surface area contributed by atoms with Gasteiger partial charge in [0.25, 0.3) is 0 Å². The van der Waals surface area contributed by atoms with Crippen LogP contribution in [-0.2, 0) is 4.79 Å². The van der Waals surface area contributed by atoms with Crippen LogP contribution < -0.4 is 5.32 Å². The van der Waals surface area contributed by atoms with Crippen LogP contribution in [0.15, 0.2) is 58.8 Å². The quantitative estimate of drug-likeness (QED) is 0.453. The highest BCUT2D eigenvalue weighted by Gasteiger charge is 2.22. The van der Waals surface area contributed by atoms with Crippen molar-refractivity contribution in [1.82, 2.24) is 0 Å². The highest BCUT2D eigenvalue weighted by atomic mass is 35.5. The monoisotopic (exact) mass is 437 g/mol. The van der Waals surface area contributed by atoms with E-state index in [9.17, 15) is 14.7 Å². The molecule has 1 aromatic heterocycles. The van der Waals surface area contributed by atoms with Gasteiger partial charge in [-0.3, -0.25) is 4.79 Å². The number of halogens is 2. The lowest BCUT2D eigenvalue weighted by Crippen LogP contribution is -2.15. The Kier molecular flexibility index (Phi) is 6.44. The van der Waals surface area contributed by atoms with Crippen molar-refractivity contribution in [2.75, 3.05) is 11.1 Å². The van der Waals surface area contributed by atoms with E-state index in [1.807, 2.05) is 30.3 Å².